The predicted octanol–water partition coefficient (Wildman–Crippen LogP) is 3.46. The standard InChI is InChI=1S/C25H24FN7O4/c1-4-20(34)30-16-8-14(7-15(26)9-16)13-29-25-32-23(21(22(27)35)24-28-5-6-33(24)25)31-17-10-18(36-2)12-19(11-17)37-3/h4-12,31H,1,13H2,2-3H3,(H2,27,35)(H,29,32)(H,30,34). The lowest BCUT2D eigenvalue weighted by Crippen LogP contribution is -2.18. The van der Waals surface area contributed by atoms with Gasteiger partial charge in [0.15, 0.2) is 11.5 Å². The molecule has 0 spiro atoms. The zero-order valence-electron chi connectivity index (χ0n) is 20.0. The summed E-state index contributed by atoms with van der Waals surface area (Å²) in [6.45, 7) is 3.53. The second kappa shape index (κ2) is 10.6. The van der Waals surface area contributed by atoms with E-state index in [0.29, 0.717) is 28.7 Å². The van der Waals surface area contributed by atoms with Gasteiger partial charge in [-0.2, -0.15) is 4.98 Å². The topological polar surface area (TPSA) is 145 Å². The number of nitrogens with two attached hydrogens (primary N) is 1. The molecule has 0 atom stereocenters. The highest BCUT2D eigenvalue weighted by molar-refractivity contribution is 6.04. The normalized spacial score (nSPS) is 10.6. The monoisotopic (exact) mass is 505 g/mol. The number of methoxy groups -OCH3 is 2. The molecule has 12 heteroatoms. The van der Waals surface area contributed by atoms with Crippen LogP contribution in [-0.4, -0.2) is 40.4 Å². The maximum atomic E-state index is 14.2. The summed E-state index contributed by atoms with van der Waals surface area (Å²) < 4.78 is 26.3. The van der Waals surface area contributed by atoms with Crippen molar-refractivity contribution in [2.45, 2.75) is 6.54 Å². The Balaban J connectivity index is 1.71. The van der Waals surface area contributed by atoms with Crippen molar-refractivity contribution in [2.75, 3.05) is 30.2 Å². The molecule has 2 aromatic heterocycles. The molecule has 4 rings (SSSR count). The van der Waals surface area contributed by atoms with Gasteiger partial charge in [-0.25, -0.2) is 9.37 Å². The molecule has 0 aliphatic heterocycles. The third-order valence-corrected chi connectivity index (χ3v) is 5.27. The molecule has 5 N–H and O–H groups in total. The number of aromatic nitrogens is 3. The molecule has 37 heavy (non-hydrogen) atoms. The molecule has 0 fully saturated rings. The van der Waals surface area contributed by atoms with Crippen LogP contribution in [0.2, 0.25) is 0 Å². The van der Waals surface area contributed by atoms with Crippen molar-refractivity contribution in [1.29, 1.82) is 0 Å². The van der Waals surface area contributed by atoms with Crippen molar-refractivity contribution in [1.82, 2.24) is 14.4 Å². The van der Waals surface area contributed by atoms with Crippen LogP contribution in [0.4, 0.5) is 27.5 Å². The molecule has 0 bridgehead atoms. The van der Waals surface area contributed by atoms with Crippen LogP contribution in [-0.2, 0) is 11.3 Å². The van der Waals surface area contributed by atoms with E-state index < -0.39 is 17.6 Å². The van der Waals surface area contributed by atoms with Crippen LogP contribution in [0.25, 0.3) is 5.65 Å². The van der Waals surface area contributed by atoms with E-state index in [0.717, 1.165) is 6.08 Å². The van der Waals surface area contributed by atoms with Gasteiger partial charge in [-0.05, 0) is 29.8 Å². The van der Waals surface area contributed by atoms with Crippen LogP contribution >= 0.6 is 0 Å². The van der Waals surface area contributed by atoms with E-state index in [1.54, 1.807) is 34.9 Å². The third-order valence-electron chi connectivity index (χ3n) is 5.27. The van der Waals surface area contributed by atoms with E-state index in [-0.39, 0.29) is 29.3 Å². The molecule has 2 amide bonds. The first-order valence-corrected chi connectivity index (χ1v) is 10.9. The summed E-state index contributed by atoms with van der Waals surface area (Å²) >= 11 is 0. The van der Waals surface area contributed by atoms with Gasteiger partial charge in [0.05, 0.1) is 14.2 Å². The average Bonchev–Trinajstić information content (AvgIpc) is 3.36. The lowest BCUT2D eigenvalue weighted by Gasteiger charge is -2.16. The van der Waals surface area contributed by atoms with Crippen LogP contribution in [0.5, 0.6) is 11.5 Å². The van der Waals surface area contributed by atoms with Gasteiger partial charge >= 0.3 is 0 Å². The Hall–Kier alpha value is -5.13. The minimum absolute atomic E-state index is 0.0671. The van der Waals surface area contributed by atoms with E-state index >= 15 is 0 Å². The second-order valence-electron chi connectivity index (χ2n) is 7.77. The van der Waals surface area contributed by atoms with Gasteiger partial charge in [0.1, 0.15) is 22.9 Å². The number of anilines is 4. The number of halogens is 1. The van der Waals surface area contributed by atoms with Gasteiger partial charge < -0.3 is 31.2 Å². The zero-order valence-corrected chi connectivity index (χ0v) is 20.0. The number of hydrogen-bond donors (Lipinski definition) is 4. The summed E-state index contributed by atoms with van der Waals surface area (Å²) in [4.78, 5) is 32.8. The number of imidazole rings is 1. The number of carbonyl (C=O) groups is 2. The average molecular weight is 506 g/mol. The molecule has 4 aromatic rings. The number of ether oxygens (including phenoxy) is 2. The first-order valence-electron chi connectivity index (χ1n) is 10.9. The number of rotatable bonds is 10. The third kappa shape index (κ3) is 5.59. The van der Waals surface area contributed by atoms with Crippen LogP contribution < -0.4 is 31.2 Å². The molecule has 2 heterocycles. The first-order chi connectivity index (χ1) is 17.8. The molecular formula is C25H24FN7O4. The van der Waals surface area contributed by atoms with E-state index in [1.165, 1.54) is 32.5 Å². The van der Waals surface area contributed by atoms with Gasteiger partial charge in [0.25, 0.3) is 5.91 Å². The number of nitrogens with zero attached hydrogens (tertiary/aromatic N) is 3. The largest absolute Gasteiger partial charge is 0.497 e. The summed E-state index contributed by atoms with van der Waals surface area (Å²) in [5, 5.41) is 8.74. The maximum absolute atomic E-state index is 14.2. The molecule has 0 radical (unpaired) electrons. The van der Waals surface area contributed by atoms with E-state index in [4.69, 9.17) is 15.2 Å². The number of amides is 2. The van der Waals surface area contributed by atoms with Crippen molar-refractivity contribution in [3.63, 3.8) is 0 Å². The van der Waals surface area contributed by atoms with Crippen LogP contribution in [0, 0.1) is 5.82 Å². The highest BCUT2D eigenvalue weighted by atomic mass is 19.1. The number of carbonyl (C=O) groups excluding carboxylic acids is 2. The number of primary amides is 1. The summed E-state index contributed by atoms with van der Waals surface area (Å²) in [6, 6.07) is 9.23. The lowest BCUT2D eigenvalue weighted by molar-refractivity contribution is -0.111. The van der Waals surface area contributed by atoms with Crippen molar-refractivity contribution >= 4 is 40.6 Å². The van der Waals surface area contributed by atoms with Gasteiger partial charge in [-0.15, -0.1) is 0 Å². The van der Waals surface area contributed by atoms with E-state index in [2.05, 4.69) is 32.5 Å². The van der Waals surface area contributed by atoms with Crippen molar-refractivity contribution in [2.24, 2.45) is 5.73 Å². The summed E-state index contributed by atoms with van der Waals surface area (Å²) in [5.74, 6) is -0.240. The molecule has 2 aromatic carbocycles. The highest BCUT2D eigenvalue weighted by Gasteiger charge is 2.20. The zero-order chi connectivity index (χ0) is 26.5. The minimum atomic E-state index is -0.736. The summed E-state index contributed by atoms with van der Waals surface area (Å²) in [6.07, 6.45) is 4.20. The quantitative estimate of drug-likeness (QED) is 0.240. The number of fused-ring (bicyclic) bond motifs is 1. The van der Waals surface area contributed by atoms with Gasteiger partial charge in [-0.3, -0.25) is 14.0 Å². The Kier molecular flexibility index (Phi) is 7.19. The molecule has 11 nitrogen and oxygen atoms in total. The molecule has 0 aliphatic carbocycles. The molecule has 190 valence electrons. The SMILES string of the molecule is C=CC(=O)Nc1cc(F)cc(CNc2nc(Nc3cc(OC)cc(OC)c3)c(C(N)=O)c3nccn23)c1. The lowest BCUT2D eigenvalue weighted by atomic mass is 10.2. The number of benzene rings is 2. The first kappa shape index (κ1) is 25.0. The van der Waals surface area contributed by atoms with Crippen molar-refractivity contribution in [3.8, 4) is 11.5 Å². The summed E-state index contributed by atoms with van der Waals surface area (Å²) in [7, 11) is 3.04. The molecule has 0 saturated heterocycles. The smallest absolute Gasteiger partial charge is 0.256 e. The Labute approximate surface area is 211 Å². The Bertz CT molecular complexity index is 1480. The molecule has 0 saturated carbocycles. The van der Waals surface area contributed by atoms with Crippen LogP contribution in [0.15, 0.2) is 61.4 Å². The fourth-order valence-corrected chi connectivity index (χ4v) is 3.64. The molecule has 0 unspecified atom stereocenters. The molecule has 0 aliphatic rings. The fraction of sp³-hybridized carbons (Fsp3) is 0.120. The van der Waals surface area contributed by atoms with Gasteiger partial charge in [0, 0.05) is 48.5 Å². The Morgan fingerprint density at radius 3 is 2.49 bits per heavy atom. The predicted molar refractivity (Wildman–Crippen MR) is 137 cm³/mol. The van der Waals surface area contributed by atoms with Crippen molar-refractivity contribution < 1.29 is 23.5 Å². The van der Waals surface area contributed by atoms with E-state index in [9.17, 15) is 14.0 Å². The van der Waals surface area contributed by atoms with Gasteiger partial charge in [0.2, 0.25) is 11.9 Å². The maximum Gasteiger partial charge on any atom is 0.256 e. The fourth-order valence-electron chi connectivity index (χ4n) is 3.64. The van der Waals surface area contributed by atoms with Crippen LogP contribution in [0.3, 0.4) is 0 Å². The summed E-state index contributed by atoms with van der Waals surface area (Å²) in [5.41, 5.74) is 7.35. The Morgan fingerprint density at radius 2 is 1.84 bits per heavy atom. The number of hydrogen-bond acceptors (Lipinski definition) is 8. The molecular weight excluding hydrogens is 481 g/mol. The minimum Gasteiger partial charge on any atom is -0.497 e. The second-order valence-corrected chi connectivity index (χ2v) is 7.77. The van der Waals surface area contributed by atoms with Crippen molar-refractivity contribution in [3.05, 3.63) is 78.4 Å². The van der Waals surface area contributed by atoms with E-state index in [1.807, 2.05) is 0 Å². The number of nitrogens with one attached hydrogen (secondary N) is 3. The highest BCUT2D eigenvalue weighted by Crippen LogP contribution is 2.30. The Morgan fingerprint density at radius 1 is 1.11 bits per heavy atom. The van der Waals surface area contributed by atoms with Gasteiger partial charge in [-0.1, -0.05) is 6.58 Å². The van der Waals surface area contributed by atoms with Crippen LogP contribution in [0.1, 0.15) is 15.9 Å².